The van der Waals surface area contributed by atoms with Gasteiger partial charge >= 0.3 is 0 Å². The largest absolute Gasteiger partial charge is 0.372 e. The van der Waals surface area contributed by atoms with Gasteiger partial charge < -0.3 is 21.1 Å². The van der Waals surface area contributed by atoms with Gasteiger partial charge in [0, 0.05) is 28.8 Å². The Morgan fingerprint density at radius 3 is 2.58 bits per heavy atom. The molecule has 1 atom stereocenters. The Balaban J connectivity index is 1.57. The predicted octanol–water partition coefficient (Wildman–Crippen LogP) is 3.84. The van der Waals surface area contributed by atoms with Gasteiger partial charge in [-0.1, -0.05) is 48.0 Å². The van der Waals surface area contributed by atoms with Crippen molar-refractivity contribution in [2.24, 2.45) is 12.8 Å². The SMILES string of the molecule is Cn1ncc2c1Nc1cc(Cl)ccc1N(C(=O)c1ccc(C(O)(C(N)=O)c3ccccc3)c(F)c1)C2. The van der Waals surface area contributed by atoms with Crippen molar-refractivity contribution in [1.82, 2.24) is 9.78 Å². The highest BCUT2D eigenvalue weighted by Gasteiger charge is 2.41. The van der Waals surface area contributed by atoms with Crippen LogP contribution >= 0.6 is 11.6 Å². The first-order valence-electron chi connectivity index (χ1n) is 11.0. The van der Waals surface area contributed by atoms with Crippen molar-refractivity contribution in [3.63, 3.8) is 0 Å². The summed E-state index contributed by atoms with van der Waals surface area (Å²) in [7, 11) is 1.77. The highest BCUT2D eigenvalue weighted by atomic mass is 35.5. The molecule has 8 nitrogen and oxygen atoms in total. The normalized spacial score (nSPS) is 14.2. The number of nitrogens with zero attached hydrogens (tertiary/aromatic N) is 3. The molecule has 4 aromatic rings. The molecule has 4 N–H and O–H groups in total. The molecule has 182 valence electrons. The molecule has 1 aliphatic heterocycles. The fourth-order valence-electron chi connectivity index (χ4n) is 4.38. The molecule has 0 aliphatic carbocycles. The summed E-state index contributed by atoms with van der Waals surface area (Å²) in [6.45, 7) is 0.169. The van der Waals surface area contributed by atoms with Crippen molar-refractivity contribution in [3.8, 4) is 0 Å². The van der Waals surface area contributed by atoms with E-state index in [0.29, 0.717) is 22.2 Å². The number of amides is 2. The monoisotopic (exact) mass is 505 g/mol. The predicted molar refractivity (Wildman–Crippen MR) is 133 cm³/mol. The van der Waals surface area contributed by atoms with Crippen LogP contribution in [-0.4, -0.2) is 26.7 Å². The lowest BCUT2D eigenvalue weighted by Crippen LogP contribution is -2.43. The number of aliphatic hydroxyl groups is 1. The van der Waals surface area contributed by atoms with E-state index in [1.54, 1.807) is 54.3 Å². The van der Waals surface area contributed by atoms with Crippen LogP contribution < -0.4 is 16.0 Å². The molecule has 2 heterocycles. The Kier molecular flexibility index (Phi) is 5.74. The number of anilines is 3. The van der Waals surface area contributed by atoms with Crippen molar-refractivity contribution in [2.75, 3.05) is 10.2 Å². The number of fused-ring (bicyclic) bond motifs is 2. The number of aryl methyl sites for hydroxylation is 1. The van der Waals surface area contributed by atoms with Crippen LogP contribution in [0.4, 0.5) is 21.6 Å². The fourth-order valence-corrected chi connectivity index (χ4v) is 4.55. The molecule has 0 fully saturated rings. The van der Waals surface area contributed by atoms with Gasteiger partial charge in [0.25, 0.3) is 11.8 Å². The van der Waals surface area contributed by atoms with Gasteiger partial charge in [0.2, 0.25) is 0 Å². The number of hydrogen-bond acceptors (Lipinski definition) is 5. The summed E-state index contributed by atoms with van der Waals surface area (Å²) in [4.78, 5) is 27.4. The minimum Gasteiger partial charge on any atom is -0.372 e. The number of carbonyl (C=O) groups excluding carboxylic acids is 2. The minimum atomic E-state index is -2.41. The number of carbonyl (C=O) groups is 2. The van der Waals surface area contributed by atoms with E-state index in [-0.39, 0.29) is 23.2 Å². The van der Waals surface area contributed by atoms with E-state index in [4.69, 9.17) is 17.3 Å². The van der Waals surface area contributed by atoms with E-state index in [0.717, 1.165) is 11.6 Å². The fraction of sp³-hybridized carbons (Fsp3) is 0.115. The Bertz CT molecular complexity index is 1510. The summed E-state index contributed by atoms with van der Waals surface area (Å²) in [5.41, 5.74) is 4.75. The third-order valence-corrected chi connectivity index (χ3v) is 6.48. The van der Waals surface area contributed by atoms with Gasteiger partial charge in [-0.3, -0.25) is 14.3 Å². The summed E-state index contributed by atoms with van der Waals surface area (Å²) in [6, 6.07) is 16.4. The highest BCUT2D eigenvalue weighted by molar-refractivity contribution is 6.31. The number of nitrogens with two attached hydrogens (primary N) is 1. The first kappa shape index (κ1) is 23.5. The summed E-state index contributed by atoms with van der Waals surface area (Å²) in [5, 5.41) is 19.1. The topological polar surface area (TPSA) is 113 Å². The molecule has 0 spiro atoms. The van der Waals surface area contributed by atoms with E-state index in [1.165, 1.54) is 29.2 Å². The second-order valence-electron chi connectivity index (χ2n) is 8.46. The average Bonchev–Trinajstić information content (AvgIpc) is 3.11. The number of aromatic nitrogens is 2. The van der Waals surface area contributed by atoms with Crippen molar-refractivity contribution >= 4 is 40.6 Å². The molecular formula is C26H21ClFN5O3. The quantitative estimate of drug-likeness (QED) is 0.390. The van der Waals surface area contributed by atoms with Crippen molar-refractivity contribution in [1.29, 1.82) is 0 Å². The average molecular weight is 506 g/mol. The van der Waals surface area contributed by atoms with Gasteiger partial charge in [-0.25, -0.2) is 4.39 Å². The van der Waals surface area contributed by atoms with E-state index in [2.05, 4.69) is 10.4 Å². The molecule has 5 rings (SSSR count). The third-order valence-electron chi connectivity index (χ3n) is 6.24. The van der Waals surface area contributed by atoms with Gasteiger partial charge in [0.1, 0.15) is 11.6 Å². The van der Waals surface area contributed by atoms with Crippen LogP contribution in [0.1, 0.15) is 27.0 Å². The molecule has 1 aliphatic rings. The molecule has 3 aromatic carbocycles. The van der Waals surface area contributed by atoms with E-state index in [1.807, 2.05) is 0 Å². The van der Waals surface area contributed by atoms with E-state index < -0.39 is 23.2 Å². The van der Waals surface area contributed by atoms with Crippen LogP contribution in [0.5, 0.6) is 0 Å². The number of rotatable bonds is 4. The molecule has 0 bridgehead atoms. The standard InChI is InChI=1S/C26H21ClFN5O3/c1-32-23-16(13-30-32)14-33(22-10-8-18(27)12-21(22)31-23)24(34)15-7-9-19(20(28)11-15)26(36,25(29)35)17-5-3-2-4-6-17/h2-13,31,36H,14H2,1H3,(H2,29,35). The summed E-state index contributed by atoms with van der Waals surface area (Å²) in [5.74, 6) is -1.88. The van der Waals surface area contributed by atoms with Crippen LogP contribution in [0.15, 0.2) is 72.9 Å². The molecule has 0 radical (unpaired) electrons. The maximum Gasteiger partial charge on any atom is 0.258 e. The molecular weight excluding hydrogens is 485 g/mol. The molecule has 1 unspecified atom stereocenters. The van der Waals surface area contributed by atoms with Crippen LogP contribution in [0.3, 0.4) is 0 Å². The maximum absolute atomic E-state index is 15.4. The number of nitrogens with one attached hydrogen (secondary N) is 1. The van der Waals surface area contributed by atoms with Crippen LogP contribution in [0.25, 0.3) is 0 Å². The van der Waals surface area contributed by atoms with Crippen molar-refractivity contribution < 1.29 is 19.1 Å². The van der Waals surface area contributed by atoms with Gasteiger partial charge in [0.15, 0.2) is 5.60 Å². The van der Waals surface area contributed by atoms with E-state index >= 15 is 4.39 Å². The lowest BCUT2D eigenvalue weighted by Gasteiger charge is -2.27. The summed E-state index contributed by atoms with van der Waals surface area (Å²) >= 11 is 6.20. The van der Waals surface area contributed by atoms with Crippen LogP contribution in [-0.2, 0) is 24.0 Å². The van der Waals surface area contributed by atoms with Gasteiger partial charge in [-0.05, 0) is 35.9 Å². The Labute approximate surface area is 210 Å². The molecule has 2 amide bonds. The first-order chi connectivity index (χ1) is 17.2. The molecule has 0 saturated carbocycles. The Morgan fingerprint density at radius 2 is 1.89 bits per heavy atom. The zero-order valence-electron chi connectivity index (χ0n) is 19.1. The lowest BCUT2D eigenvalue weighted by molar-refractivity contribution is -0.133. The van der Waals surface area contributed by atoms with E-state index in [9.17, 15) is 14.7 Å². The van der Waals surface area contributed by atoms with Gasteiger partial charge in [-0.2, -0.15) is 5.10 Å². The second kappa shape index (κ2) is 8.78. The summed E-state index contributed by atoms with van der Waals surface area (Å²) < 4.78 is 17.1. The number of halogens is 2. The second-order valence-corrected chi connectivity index (χ2v) is 8.89. The number of benzene rings is 3. The molecule has 10 heteroatoms. The van der Waals surface area contributed by atoms with Gasteiger partial charge in [0.05, 0.1) is 24.1 Å². The lowest BCUT2D eigenvalue weighted by atomic mass is 9.85. The maximum atomic E-state index is 15.4. The summed E-state index contributed by atoms with van der Waals surface area (Å²) in [6.07, 6.45) is 1.65. The molecule has 1 aromatic heterocycles. The molecule has 0 saturated heterocycles. The third kappa shape index (κ3) is 3.78. The zero-order chi connectivity index (χ0) is 25.6. The van der Waals surface area contributed by atoms with Crippen molar-refractivity contribution in [3.05, 3.63) is 106 Å². The highest BCUT2D eigenvalue weighted by Crippen LogP contribution is 2.38. The van der Waals surface area contributed by atoms with Crippen molar-refractivity contribution in [2.45, 2.75) is 12.1 Å². The zero-order valence-corrected chi connectivity index (χ0v) is 19.8. The van der Waals surface area contributed by atoms with Gasteiger partial charge in [-0.15, -0.1) is 0 Å². The smallest absolute Gasteiger partial charge is 0.258 e. The van der Waals surface area contributed by atoms with Crippen LogP contribution in [0.2, 0.25) is 5.02 Å². The Morgan fingerprint density at radius 1 is 1.14 bits per heavy atom. The van der Waals surface area contributed by atoms with Crippen LogP contribution in [0, 0.1) is 5.82 Å². The Hall–Kier alpha value is -4.21. The number of hydrogen-bond donors (Lipinski definition) is 3. The number of primary amides is 1. The first-order valence-corrected chi connectivity index (χ1v) is 11.3. The molecule has 36 heavy (non-hydrogen) atoms. The minimum absolute atomic E-state index is 0.0179.